The van der Waals surface area contributed by atoms with E-state index in [1.54, 1.807) is 25.4 Å². The minimum absolute atomic E-state index is 0.140. The van der Waals surface area contributed by atoms with Crippen LogP contribution in [0.25, 0.3) is 27.8 Å². The van der Waals surface area contributed by atoms with E-state index in [0.29, 0.717) is 33.7 Å². The summed E-state index contributed by atoms with van der Waals surface area (Å²) in [5, 5.41) is 14.7. The molecule has 156 valence electrons. The Morgan fingerprint density at radius 3 is 2.72 bits per heavy atom. The van der Waals surface area contributed by atoms with E-state index < -0.39 is 5.82 Å². The molecule has 0 bridgehead atoms. The second kappa shape index (κ2) is 7.95. The van der Waals surface area contributed by atoms with Crippen LogP contribution in [0.4, 0.5) is 10.1 Å². The van der Waals surface area contributed by atoms with Gasteiger partial charge in [-0.1, -0.05) is 18.2 Å². The van der Waals surface area contributed by atoms with Crippen LogP contribution in [0, 0.1) is 12.7 Å². The highest BCUT2D eigenvalue weighted by molar-refractivity contribution is 6.13. The fourth-order valence-electron chi connectivity index (χ4n) is 3.43. The number of aryl methyl sites for hydroxylation is 1. The lowest BCUT2D eigenvalue weighted by molar-refractivity contribution is 0.102. The molecule has 2 aromatic carbocycles. The Labute approximate surface area is 181 Å². The SMILES string of the molecule is Cc1nnnn1-c1cc(NC(=O)c2cc(-c3cccnc3)nc3ccccc23)ccc1F. The minimum atomic E-state index is -0.508. The number of para-hydroxylation sites is 1. The summed E-state index contributed by atoms with van der Waals surface area (Å²) in [6.07, 6.45) is 3.37. The number of rotatable bonds is 4. The number of aromatic nitrogens is 6. The molecule has 1 N–H and O–H groups in total. The average molecular weight is 425 g/mol. The lowest BCUT2D eigenvalue weighted by atomic mass is 10.0. The van der Waals surface area contributed by atoms with E-state index in [2.05, 4.69) is 30.8 Å². The number of fused-ring (bicyclic) bond motifs is 1. The quantitative estimate of drug-likeness (QED) is 0.468. The van der Waals surface area contributed by atoms with Crippen molar-refractivity contribution in [1.82, 2.24) is 30.2 Å². The third-order valence-electron chi connectivity index (χ3n) is 4.98. The zero-order valence-electron chi connectivity index (χ0n) is 16.9. The predicted molar refractivity (Wildman–Crippen MR) is 117 cm³/mol. The van der Waals surface area contributed by atoms with E-state index >= 15 is 0 Å². The third kappa shape index (κ3) is 3.56. The van der Waals surface area contributed by atoms with E-state index in [1.807, 2.05) is 36.4 Å². The molecule has 8 nitrogen and oxygen atoms in total. The van der Waals surface area contributed by atoms with Gasteiger partial charge in [-0.05, 0) is 59.8 Å². The van der Waals surface area contributed by atoms with Crippen LogP contribution >= 0.6 is 0 Å². The van der Waals surface area contributed by atoms with Gasteiger partial charge in [0.15, 0.2) is 5.82 Å². The molecular formula is C23H16FN7O. The molecule has 32 heavy (non-hydrogen) atoms. The molecular weight excluding hydrogens is 409 g/mol. The maximum absolute atomic E-state index is 14.4. The zero-order valence-corrected chi connectivity index (χ0v) is 16.9. The van der Waals surface area contributed by atoms with E-state index in [-0.39, 0.29) is 11.6 Å². The lowest BCUT2D eigenvalue weighted by Gasteiger charge is -2.12. The predicted octanol–water partition coefficient (Wildman–Crippen LogP) is 3.97. The van der Waals surface area contributed by atoms with Crippen LogP contribution in [0.15, 0.2) is 73.1 Å². The maximum atomic E-state index is 14.4. The second-order valence-corrected chi connectivity index (χ2v) is 7.07. The number of nitrogens with one attached hydrogen (secondary N) is 1. The largest absolute Gasteiger partial charge is 0.322 e. The Kier molecular flexibility index (Phi) is 4.83. The Bertz CT molecular complexity index is 1450. The summed E-state index contributed by atoms with van der Waals surface area (Å²) in [6.45, 7) is 1.66. The molecule has 0 aliphatic carbocycles. The summed E-state index contributed by atoms with van der Waals surface area (Å²) >= 11 is 0. The minimum Gasteiger partial charge on any atom is -0.322 e. The van der Waals surface area contributed by atoms with Crippen molar-refractivity contribution in [2.75, 3.05) is 5.32 Å². The molecule has 0 fully saturated rings. The van der Waals surface area contributed by atoms with Gasteiger partial charge in [-0.3, -0.25) is 9.78 Å². The smallest absolute Gasteiger partial charge is 0.256 e. The van der Waals surface area contributed by atoms with Gasteiger partial charge in [-0.2, -0.15) is 4.68 Å². The van der Waals surface area contributed by atoms with Crippen molar-refractivity contribution in [3.05, 3.63) is 90.3 Å². The molecule has 0 aliphatic rings. The Morgan fingerprint density at radius 2 is 1.94 bits per heavy atom. The van der Waals surface area contributed by atoms with E-state index in [1.165, 1.54) is 22.9 Å². The zero-order chi connectivity index (χ0) is 22.1. The molecule has 3 heterocycles. The highest BCUT2D eigenvalue weighted by Gasteiger charge is 2.16. The number of carbonyl (C=O) groups excluding carboxylic acids is 1. The molecule has 0 atom stereocenters. The number of pyridine rings is 2. The number of carbonyl (C=O) groups is 1. The van der Waals surface area contributed by atoms with Gasteiger partial charge in [0.1, 0.15) is 11.5 Å². The van der Waals surface area contributed by atoms with Crippen molar-refractivity contribution >= 4 is 22.5 Å². The van der Waals surface area contributed by atoms with Gasteiger partial charge in [0.2, 0.25) is 0 Å². The first-order chi connectivity index (χ1) is 15.6. The summed E-state index contributed by atoms with van der Waals surface area (Å²) in [4.78, 5) is 22.1. The lowest BCUT2D eigenvalue weighted by Crippen LogP contribution is -2.14. The summed E-state index contributed by atoms with van der Waals surface area (Å²) < 4.78 is 15.7. The molecule has 5 aromatic rings. The molecule has 0 spiro atoms. The number of hydrogen-bond acceptors (Lipinski definition) is 6. The maximum Gasteiger partial charge on any atom is 0.256 e. The number of hydrogen-bond donors (Lipinski definition) is 1. The molecule has 0 aliphatic heterocycles. The summed E-state index contributed by atoms with van der Waals surface area (Å²) in [7, 11) is 0. The standard InChI is InChI=1S/C23H16FN7O/c1-14-28-29-30-31(14)22-11-16(8-9-19(22)24)26-23(32)18-12-21(15-5-4-10-25-13-15)27-20-7-3-2-6-17(18)20/h2-13H,1H3,(H,26,32). The molecule has 0 radical (unpaired) electrons. The van der Waals surface area contributed by atoms with Crippen molar-refractivity contribution in [3.8, 4) is 16.9 Å². The average Bonchev–Trinajstić information content (AvgIpc) is 3.25. The first-order valence-electron chi connectivity index (χ1n) is 9.76. The van der Waals surface area contributed by atoms with Crippen LogP contribution in [0.5, 0.6) is 0 Å². The highest BCUT2D eigenvalue weighted by Crippen LogP contribution is 2.26. The molecule has 5 rings (SSSR count). The first-order valence-corrected chi connectivity index (χ1v) is 9.76. The van der Waals surface area contributed by atoms with Crippen LogP contribution in [0.3, 0.4) is 0 Å². The Morgan fingerprint density at radius 1 is 1.06 bits per heavy atom. The summed E-state index contributed by atoms with van der Waals surface area (Å²) in [5.74, 6) is -0.431. The second-order valence-electron chi connectivity index (χ2n) is 7.07. The number of benzene rings is 2. The monoisotopic (exact) mass is 425 g/mol. The summed E-state index contributed by atoms with van der Waals surface area (Å²) in [5.41, 5.74) is 3.10. The van der Waals surface area contributed by atoms with Gasteiger partial charge in [-0.25, -0.2) is 9.37 Å². The fraction of sp³-hybridized carbons (Fsp3) is 0.0435. The Balaban J connectivity index is 1.55. The van der Waals surface area contributed by atoms with Gasteiger partial charge in [0.05, 0.1) is 16.8 Å². The number of tetrazole rings is 1. The summed E-state index contributed by atoms with van der Waals surface area (Å²) in [6, 6.07) is 17.1. The molecule has 9 heteroatoms. The van der Waals surface area contributed by atoms with Crippen LogP contribution in [0.1, 0.15) is 16.2 Å². The number of amides is 1. The van der Waals surface area contributed by atoms with Crippen LogP contribution < -0.4 is 5.32 Å². The van der Waals surface area contributed by atoms with Crippen molar-refractivity contribution in [2.24, 2.45) is 0 Å². The van der Waals surface area contributed by atoms with Crippen LogP contribution in [-0.2, 0) is 0 Å². The van der Waals surface area contributed by atoms with Gasteiger partial charge >= 0.3 is 0 Å². The fourth-order valence-corrected chi connectivity index (χ4v) is 3.43. The van der Waals surface area contributed by atoms with Crippen molar-refractivity contribution in [2.45, 2.75) is 6.92 Å². The van der Waals surface area contributed by atoms with Crippen LogP contribution in [0.2, 0.25) is 0 Å². The number of halogens is 1. The number of anilines is 1. The molecule has 0 unspecified atom stereocenters. The first kappa shape index (κ1) is 19.4. The van der Waals surface area contributed by atoms with Crippen LogP contribution in [-0.4, -0.2) is 36.1 Å². The molecule has 0 saturated heterocycles. The third-order valence-corrected chi connectivity index (χ3v) is 4.98. The van der Waals surface area contributed by atoms with E-state index in [9.17, 15) is 9.18 Å². The molecule has 3 aromatic heterocycles. The molecule has 0 saturated carbocycles. The van der Waals surface area contributed by atoms with Crippen molar-refractivity contribution in [3.63, 3.8) is 0 Å². The Hall–Kier alpha value is -4.53. The number of nitrogens with zero attached hydrogens (tertiary/aromatic N) is 6. The topological polar surface area (TPSA) is 98.5 Å². The highest BCUT2D eigenvalue weighted by atomic mass is 19.1. The van der Waals surface area contributed by atoms with E-state index in [4.69, 9.17) is 0 Å². The van der Waals surface area contributed by atoms with Gasteiger partial charge in [0.25, 0.3) is 5.91 Å². The van der Waals surface area contributed by atoms with Crippen molar-refractivity contribution in [1.29, 1.82) is 0 Å². The normalized spacial score (nSPS) is 10.9. The molecule has 1 amide bonds. The van der Waals surface area contributed by atoms with Crippen molar-refractivity contribution < 1.29 is 9.18 Å². The van der Waals surface area contributed by atoms with Gasteiger partial charge < -0.3 is 5.32 Å². The van der Waals surface area contributed by atoms with Gasteiger partial charge in [-0.15, -0.1) is 5.10 Å². The van der Waals surface area contributed by atoms with E-state index in [0.717, 1.165) is 5.56 Å². The van der Waals surface area contributed by atoms with Gasteiger partial charge in [0, 0.05) is 29.0 Å².